The predicted octanol–water partition coefficient (Wildman–Crippen LogP) is 1.33. The van der Waals surface area contributed by atoms with Crippen LogP contribution in [-0.4, -0.2) is 34.9 Å². The van der Waals surface area contributed by atoms with Gasteiger partial charge in [-0.15, -0.1) is 12.4 Å². The standard InChI is InChI=1S/C11H12FN3O3.ClH/c12-7-1-2-9(10(5-7)15(17)18)11(16)14-4-3-8(13)6-14;/h1-2,5,8H,3-4,6,13H2;1H/t8-;/m1./s1. The van der Waals surface area contributed by atoms with Crippen LogP contribution in [0.3, 0.4) is 0 Å². The highest BCUT2D eigenvalue weighted by Gasteiger charge is 2.29. The second-order valence-corrected chi connectivity index (χ2v) is 4.22. The fraction of sp³-hybridized carbons (Fsp3) is 0.364. The van der Waals surface area contributed by atoms with Crippen molar-refractivity contribution < 1.29 is 14.1 Å². The van der Waals surface area contributed by atoms with Gasteiger partial charge in [0, 0.05) is 19.1 Å². The maximum absolute atomic E-state index is 13.0. The van der Waals surface area contributed by atoms with E-state index in [0.29, 0.717) is 19.5 Å². The summed E-state index contributed by atoms with van der Waals surface area (Å²) < 4.78 is 13.0. The van der Waals surface area contributed by atoms with Gasteiger partial charge in [0.25, 0.3) is 11.6 Å². The molecule has 1 aromatic rings. The van der Waals surface area contributed by atoms with Crippen LogP contribution < -0.4 is 5.73 Å². The largest absolute Gasteiger partial charge is 0.337 e. The number of amides is 1. The van der Waals surface area contributed by atoms with E-state index < -0.39 is 22.3 Å². The topological polar surface area (TPSA) is 89.5 Å². The van der Waals surface area contributed by atoms with Crippen LogP contribution in [0.5, 0.6) is 0 Å². The van der Waals surface area contributed by atoms with Gasteiger partial charge in [0.05, 0.1) is 11.0 Å². The number of likely N-dealkylation sites (tertiary alicyclic amines) is 1. The van der Waals surface area contributed by atoms with Crippen molar-refractivity contribution in [3.05, 3.63) is 39.7 Å². The van der Waals surface area contributed by atoms with Crippen LogP contribution in [0.2, 0.25) is 0 Å². The lowest BCUT2D eigenvalue weighted by Gasteiger charge is -2.15. The number of nitro groups is 1. The number of nitrogens with two attached hydrogens (primary N) is 1. The SMILES string of the molecule is Cl.N[C@@H]1CCN(C(=O)c2ccc(F)cc2[N+](=O)[O-])C1. The molecule has 0 bridgehead atoms. The van der Waals surface area contributed by atoms with E-state index >= 15 is 0 Å². The molecule has 0 saturated carbocycles. The summed E-state index contributed by atoms with van der Waals surface area (Å²) in [6, 6.07) is 2.83. The Kier molecular flexibility index (Phi) is 4.79. The Labute approximate surface area is 114 Å². The highest BCUT2D eigenvalue weighted by Crippen LogP contribution is 2.23. The summed E-state index contributed by atoms with van der Waals surface area (Å²) in [5.41, 5.74) is 5.06. The van der Waals surface area contributed by atoms with E-state index in [2.05, 4.69) is 0 Å². The van der Waals surface area contributed by atoms with E-state index in [4.69, 9.17) is 5.73 Å². The molecule has 0 aromatic heterocycles. The molecule has 0 aliphatic carbocycles. The molecule has 1 atom stereocenters. The van der Waals surface area contributed by atoms with Gasteiger partial charge >= 0.3 is 0 Å². The molecule has 0 radical (unpaired) electrons. The third-order valence-electron chi connectivity index (χ3n) is 2.90. The summed E-state index contributed by atoms with van der Waals surface area (Å²) in [6.45, 7) is 0.835. The summed E-state index contributed by atoms with van der Waals surface area (Å²) in [6.07, 6.45) is 0.667. The third kappa shape index (κ3) is 3.18. The smallest absolute Gasteiger partial charge is 0.285 e. The summed E-state index contributed by atoms with van der Waals surface area (Å²) in [7, 11) is 0. The van der Waals surface area contributed by atoms with Gasteiger partial charge in [-0.05, 0) is 18.6 Å². The molecule has 1 aliphatic heterocycles. The van der Waals surface area contributed by atoms with E-state index in [0.717, 1.165) is 18.2 Å². The van der Waals surface area contributed by atoms with Crippen LogP contribution in [0.15, 0.2) is 18.2 Å². The number of nitrogens with zero attached hydrogens (tertiary/aromatic N) is 2. The highest BCUT2D eigenvalue weighted by atomic mass is 35.5. The van der Waals surface area contributed by atoms with E-state index in [1.807, 2.05) is 0 Å². The monoisotopic (exact) mass is 289 g/mol. The Morgan fingerprint density at radius 1 is 1.53 bits per heavy atom. The number of carbonyl (C=O) groups is 1. The van der Waals surface area contributed by atoms with Crippen molar-refractivity contribution in [3.63, 3.8) is 0 Å². The molecule has 1 heterocycles. The first-order valence-electron chi connectivity index (χ1n) is 5.48. The van der Waals surface area contributed by atoms with Crippen LogP contribution in [0.25, 0.3) is 0 Å². The second kappa shape index (κ2) is 5.94. The number of hydrogen-bond donors (Lipinski definition) is 1. The maximum atomic E-state index is 13.0. The van der Waals surface area contributed by atoms with Gasteiger partial charge in [-0.3, -0.25) is 14.9 Å². The zero-order chi connectivity index (χ0) is 13.3. The molecule has 1 fully saturated rings. The second-order valence-electron chi connectivity index (χ2n) is 4.22. The van der Waals surface area contributed by atoms with Gasteiger partial charge in [0.1, 0.15) is 11.4 Å². The minimum atomic E-state index is -0.758. The number of rotatable bonds is 2. The fourth-order valence-corrected chi connectivity index (χ4v) is 1.98. The quantitative estimate of drug-likeness (QED) is 0.657. The Hall–Kier alpha value is -1.73. The van der Waals surface area contributed by atoms with Gasteiger partial charge in [-0.2, -0.15) is 0 Å². The van der Waals surface area contributed by atoms with Crippen molar-refractivity contribution in [2.75, 3.05) is 13.1 Å². The molecule has 1 aromatic carbocycles. The molecule has 0 unspecified atom stereocenters. The van der Waals surface area contributed by atoms with Crippen molar-refractivity contribution >= 4 is 24.0 Å². The minimum Gasteiger partial charge on any atom is -0.337 e. The van der Waals surface area contributed by atoms with Crippen molar-refractivity contribution in [1.29, 1.82) is 0 Å². The van der Waals surface area contributed by atoms with E-state index in [9.17, 15) is 19.3 Å². The number of halogens is 2. The van der Waals surface area contributed by atoms with Gasteiger partial charge in [0.2, 0.25) is 0 Å². The van der Waals surface area contributed by atoms with Crippen LogP contribution in [-0.2, 0) is 0 Å². The third-order valence-corrected chi connectivity index (χ3v) is 2.90. The number of hydrogen-bond acceptors (Lipinski definition) is 4. The molecule has 0 spiro atoms. The summed E-state index contributed by atoms with van der Waals surface area (Å²) in [4.78, 5) is 23.6. The minimum absolute atomic E-state index is 0. The molecule has 1 aliphatic rings. The first-order chi connectivity index (χ1) is 8.49. The molecule has 1 saturated heterocycles. The molecule has 19 heavy (non-hydrogen) atoms. The van der Waals surface area contributed by atoms with Crippen molar-refractivity contribution in [1.82, 2.24) is 4.90 Å². The lowest BCUT2D eigenvalue weighted by Crippen LogP contribution is -2.32. The van der Waals surface area contributed by atoms with E-state index in [-0.39, 0.29) is 24.0 Å². The van der Waals surface area contributed by atoms with Crippen molar-refractivity contribution in [2.45, 2.75) is 12.5 Å². The zero-order valence-electron chi connectivity index (χ0n) is 9.91. The molecule has 6 nitrogen and oxygen atoms in total. The summed E-state index contributed by atoms with van der Waals surface area (Å²) >= 11 is 0. The van der Waals surface area contributed by atoms with E-state index in [1.54, 1.807) is 0 Å². The predicted molar refractivity (Wildman–Crippen MR) is 68.8 cm³/mol. The lowest BCUT2D eigenvalue weighted by atomic mass is 10.1. The van der Waals surface area contributed by atoms with Gasteiger partial charge in [-0.1, -0.05) is 0 Å². The Balaban J connectivity index is 0.00000180. The normalized spacial score (nSPS) is 18.0. The van der Waals surface area contributed by atoms with E-state index in [1.165, 1.54) is 4.90 Å². The van der Waals surface area contributed by atoms with Gasteiger partial charge < -0.3 is 10.6 Å². The van der Waals surface area contributed by atoms with Gasteiger partial charge in [-0.25, -0.2) is 4.39 Å². The highest BCUT2D eigenvalue weighted by molar-refractivity contribution is 5.98. The zero-order valence-corrected chi connectivity index (χ0v) is 10.7. The molecule has 1 amide bonds. The Bertz CT molecular complexity index is 512. The number of carbonyl (C=O) groups excluding carboxylic acids is 1. The molecule has 8 heteroatoms. The fourth-order valence-electron chi connectivity index (χ4n) is 1.98. The Morgan fingerprint density at radius 3 is 2.74 bits per heavy atom. The maximum Gasteiger partial charge on any atom is 0.285 e. The van der Waals surface area contributed by atoms with Crippen LogP contribution in [0.1, 0.15) is 16.8 Å². The average molecular weight is 290 g/mol. The van der Waals surface area contributed by atoms with Gasteiger partial charge in [0.15, 0.2) is 0 Å². The summed E-state index contributed by atoms with van der Waals surface area (Å²) in [5.74, 6) is -1.22. The molecular weight excluding hydrogens is 277 g/mol. The van der Waals surface area contributed by atoms with Crippen LogP contribution in [0, 0.1) is 15.9 Å². The molecular formula is C11H13ClFN3O3. The molecule has 104 valence electrons. The van der Waals surface area contributed by atoms with Crippen molar-refractivity contribution in [3.8, 4) is 0 Å². The number of nitro benzene ring substituents is 1. The molecule has 2 rings (SSSR count). The average Bonchev–Trinajstić information content (AvgIpc) is 2.75. The Morgan fingerprint density at radius 2 is 2.21 bits per heavy atom. The molecule has 2 N–H and O–H groups in total. The first-order valence-corrected chi connectivity index (χ1v) is 5.48. The number of benzene rings is 1. The lowest BCUT2D eigenvalue weighted by molar-refractivity contribution is -0.385. The van der Waals surface area contributed by atoms with Crippen molar-refractivity contribution in [2.24, 2.45) is 5.73 Å². The summed E-state index contributed by atoms with van der Waals surface area (Å²) in [5, 5.41) is 10.8. The van der Waals surface area contributed by atoms with Crippen LogP contribution >= 0.6 is 12.4 Å². The van der Waals surface area contributed by atoms with Crippen LogP contribution in [0.4, 0.5) is 10.1 Å². The first kappa shape index (κ1) is 15.3.